The summed E-state index contributed by atoms with van der Waals surface area (Å²) < 4.78 is 9.62. The van der Waals surface area contributed by atoms with Gasteiger partial charge in [-0.3, -0.25) is 18.3 Å². The highest BCUT2D eigenvalue weighted by atomic mass is 35.5. The molecule has 1 aromatic carbocycles. The van der Waals surface area contributed by atoms with Gasteiger partial charge in [0.1, 0.15) is 5.76 Å². The van der Waals surface area contributed by atoms with Gasteiger partial charge in [-0.1, -0.05) is 29.3 Å². The van der Waals surface area contributed by atoms with Crippen molar-refractivity contribution in [2.75, 3.05) is 0 Å². The minimum Gasteiger partial charge on any atom is -0.428 e. The van der Waals surface area contributed by atoms with Crippen LogP contribution in [0.4, 0.5) is 0 Å². The third kappa shape index (κ3) is 2.24. The molecule has 9 heteroatoms. The van der Waals surface area contributed by atoms with Gasteiger partial charge < -0.3 is 4.42 Å². The number of fused-ring (bicyclic) bond motifs is 3. The monoisotopic (exact) mass is 392 g/mol. The molecule has 0 aliphatic carbocycles. The van der Waals surface area contributed by atoms with E-state index in [4.69, 9.17) is 27.6 Å². The number of imidazole rings is 1. The summed E-state index contributed by atoms with van der Waals surface area (Å²) in [7, 11) is 1.56. The largest absolute Gasteiger partial charge is 0.428 e. The van der Waals surface area contributed by atoms with Crippen LogP contribution in [0.15, 0.2) is 32.2 Å². The third-order valence-corrected chi connectivity index (χ3v) is 5.29. The van der Waals surface area contributed by atoms with Gasteiger partial charge in [0.25, 0.3) is 5.56 Å². The maximum absolute atomic E-state index is 13.1. The van der Waals surface area contributed by atoms with Crippen LogP contribution in [-0.2, 0) is 13.6 Å². The Labute approximate surface area is 157 Å². The van der Waals surface area contributed by atoms with Crippen LogP contribution in [0.3, 0.4) is 0 Å². The van der Waals surface area contributed by atoms with Gasteiger partial charge in [0.2, 0.25) is 0 Å². The maximum atomic E-state index is 13.1. The highest BCUT2D eigenvalue weighted by Crippen LogP contribution is 2.25. The van der Waals surface area contributed by atoms with Crippen molar-refractivity contribution in [3.63, 3.8) is 0 Å². The van der Waals surface area contributed by atoms with Crippen LogP contribution in [0, 0.1) is 13.8 Å². The molecule has 0 aliphatic rings. The molecule has 3 aromatic heterocycles. The van der Waals surface area contributed by atoms with E-state index in [1.807, 2.05) is 6.92 Å². The minimum absolute atomic E-state index is 0.0386. The molecule has 3 heterocycles. The molecular weight excluding hydrogens is 379 g/mol. The Bertz CT molecular complexity index is 1290. The van der Waals surface area contributed by atoms with Crippen LogP contribution in [0.2, 0.25) is 10.0 Å². The van der Waals surface area contributed by atoms with Crippen molar-refractivity contribution in [1.29, 1.82) is 0 Å². The summed E-state index contributed by atoms with van der Waals surface area (Å²) in [6.07, 6.45) is 0. The van der Waals surface area contributed by atoms with Crippen molar-refractivity contribution in [3.05, 3.63) is 66.1 Å². The van der Waals surface area contributed by atoms with Gasteiger partial charge in [-0.05, 0) is 26.0 Å². The highest BCUT2D eigenvalue weighted by molar-refractivity contribution is 6.35. The molecule has 0 amide bonds. The predicted molar refractivity (Wildman–Crippen MR) is 99.5 cm³/mol. The van der Waals surface area contributed by atoms with E-state index in [9.17, 15) is 9.59 Å². The molecule has 0 N–H and O–H groups in total. The van der Waals surface area contributed by atoms with Crippen LogP contribution >= 0.6 is 23.2 Å². The number of halogens is 2. The summed E-state index contributed by atoms with van der Waals surface area (Å²) in [4.78, 5) is 30.2. The summed E-state index contributed by atoms with van der Waals surface area (Å²) in [6, 6.07) is 5.03. The molecule has 0 atom stereocenters. The number of aryl methyl sites for hydroxylation is 3. The summed E-state index contributed by atoms with van der Waals surface area (Å²) in [5.74, 6) is 0.930. The van der Waals surface area contributed by atoms with Crippen molar-refractivity contribution in [2.45, 2.75) is 20.4 Å². The molecular formula is C17H14Cl2N4O3. The zero-order chi connectivity index (χ0) is 18.7. The second-order valence-corrected chi connectivity index (χ2v) is 6.89. The molecule has 7 nitrogen and oxygen atoms in total. The van der Waals surface area contributed by atoms with Crippen LogP contribution in [0.5, 0.6) is 0 Å². The topological polar surface area (TPSA) is 74.4 Å². The van der Waals surface area contributed by atoms with Gasteiger partial charge in [-0.15, -0.1) is 0 Å². The highest BCUT2D eigenvalue weighted by Gasteiger charge is 2.22. The Morgan fingerprint density at radius 1 is 1.15 bits per heavy atom. The smallest absolute Gasteiger partial charge is 0.332 e. The second kappa shape index (κ2) is 5.75. The number of nitrogens with zero attached hydrogens (tertiary/aromatic N) is 4. The first kappa shape index (κ1) is 16.9. The fourth-order valence-electron chi connectivity index (χ4n) is 3.03. The van der Waals surface area contributed by atoms with Gasteiger partial charge >= 0.3 is 11.5 Å². The van der Waals surface area contributed by atoms with Gasteiger partial charge in [-0.25, -0.2) is 4.79 Å². The number of hydrogen-bond acceptors (Lipinski definition) is 4. The lowest BCUT2D eigenvalue weighted by Gasteiger charge is -2.11. The van der Waals surface area contributed by atoms with Crippen molar-refractivity contribution in [3.8, 4) is 0 Å². The zero-order valence-electron chi connectivity index (χ0n) is 14.2. The lowest BCUT2D eigenvalue weighted by atomic mass is 10.2. The van der Waals surface area contributed by atoms with E-state index in [1.165, 1.54) is 4.57 Å². The molecule has 0 aliphatic heterocycles. The van der Waals surface area contributed by atoms with Crippen molar-refractivity contribution in [2.24, 2.45) is 7.05 Å². The Hall–Kier alpha value is -2.51. The number of aromatic nitrogens is 4. The molecule has 4 rings (SSSR count). The standard InChI is InChI=1S/C17H14Cl2N4O3/c1-8-9(2)26-16-20-14-13(23(8)16)15(24)22(17(25)21(14)3)7-10-11(18)5-4-6-12(10)19/h4-6H,7H2,1-3H3. The molecule has 0 bridgehead atoms. The van der Waals surface area contributed by atoms with E-state index < -0.39 is 11.2 Å². The first-order chi connectivity index (χ1) is 12.3. The Kier molecular flexibility index (Phi) is 3.75. The SMILES string of the molecule is Cc1oc2nc3c(c(=O)n(Cc4c(Cl)cccc4Cl)c(=O)n3C)n2c1C. The minimum atomic E-state index is -0.506. The average Bonchev–Trinajstić information content (AvgIpc) is 3.09. The Balaban J connectivity index is 2.09. The van der Waals surface area contributed by atoms with E-state index in [0.29, 0.717) is 21.4 Å². The molecule has 0 fully saturated rings. The quantitative estimate of drug-likeness (QED) is 0.525. The van der Waals surface area contributed by atoms with Gasteiger partial charge in [0.15, 0.2) is 11.2 Å². The zero-order valence-corrected chi connectivity index (χ0v) is 15.7. The lowest BCUT2D eigenvalue weighted by molar-refractivity contribution is 0.561. The van der Waals surface area contributed by atoms with Gasteiger partial charge in [0.05, 0.1) is 12.2 Å². The number of oxazole rings is 1. The first-order valence-corrected chi connectivity index (χ1v) is 8.57. The van der Waals surface area contributed by atoms with Crippen LogP contribution in [-0.4, -0.2) is 18.5 Å². The Morgan fingerprint density at radius 2 is 1.81 bits per heavy atom. The van der Waals surface area contributed by atoms with E-state index in [2.05, 4.69) is 4.98 Å². The fourth-order valence-corrected chi connectivity index (χ4v) is 3.55. The van der Waals surface area contributed by atoms with Crippen molar-refractivity contribution in [1.82, 2.24) is 18.5 Å². The molecule has 0 unspecified atom stereocenters. The molecule has 134 valence electrons. The van der Waals surface area contributed by atoms with Crippen LogP contribution in [0.1, 0.15) is 17.0 Å². The molecule has 26 heavy (non-hydrogen) atoms. The normalized spacial score (nSPS) is 11.7. The summed E-state index contributed by atoms with van der Waals surface area (Å²) in [5.41, 5.74) is 0.822. The molecule has 4 aromatic rings. The molecule has 0 saturated carbocycles. The van der Waals surface area contributed by atoms with Gasteiger partial charge in [0, 0.05) is 22.7 Å². The van der Waals surface area contributed by atoms with Crippen LogP contribution in [0.25, 0.3) is 17.0 Å². The first-order valence-electron chi connectivity index (χ1n) is 7.82. The summed E-state index contributed by atoms with van der Waals surface area (Å²) in [5, 5.41) is 0.778. The number of benzene rings is 1. The fraction of sp³-hybridized carbons (Fsp3) is 0.235. The van der Waals surface area contributed by atoms with Crippen molar-refractivity contribution >= 4 is 40.2 Å². The van der Waals surface area contributed by atoms with Crippen LogP contribution < -0.4 is 11.2 Å². The Morgan fingerprint density at radius 3 is 2.46 bits per heavy atom. The third-order valence-electron chi connectivity index (χ3n) is 4.58. The van der Waals surface area contributed by atoms with Gasteiger partial charge in [-0.2, -0.15) is 4.98 Å². The maximum Gasteiger partial charge on any atom is 0.332 e. The van der Waals surface area contributed by atoms with E-state index in [-0.39, 0.29) is 23.6 Å². The van der Waals surface area contributed by atoms with E-state index in [1.54, 1.807) is 36.6 Å². The lowest BCUT2D eigenvalue weighted by Crippen LogP contribution is -2.39. The van der Waals surface area contributed by atoms with E-state index in [0.717, 1.165) is 10.3 Å². The number of rotatable bonds is 2. The van der Waals surface area contributed by atoms with Crippen molar-refractivity contribution < 1.29 is 4.42 Å². The van der Waals surface area contributed by atoms with E-state index >= 15 is 0 Å². The number of hydrogen-bond donors (Lipinski definition) is 0. The molecule has 0 saturated heterocycles. The summed E-state index contributed by atoms with van der Waals surface area (Å²) >= 11 is 12.4. The molecule has 0 spiro atoms. The molecule has 0 radical (unpaired) electrons. The predicted octanol–water partition coefficient (Wildman–Crippen LogP) is 2.91. The average molecular weight is 393 g/mol. The second-order valence-electron chi connectivity index (χ2n) is 6.08. The summed E-state index contributed by atoms with van der Waals surface area (Å²) in [6.45, 7) is 3.58.